The molecule has 0 bridgehead atoms. The second-order valence-electron chi connectivity index (χ2n) is 6.41. The van der Waals surface area contributed by atoms with E-state index in [1.54, 1.807) is 23.6 Å². The van der Waals surface area contributed by atoms with Crippen LogP contribution in [0.25, 0.3) is 0 Å². The van der Waals surface area contributed by atoms with Gasteiger partial charge in [0.2, 0.25) is 0 Å². The van der Waals surface area contributed by atoms with Crippen molar-refractivity contribution in [3.05, 3.63) is 70.4 Å². The average molecular weight is 455 g/mol. The number of thiophene rings is 1. The van der Waals surface area contributed by atoms with Crippen LogP contribution in [-0.2, 0) is 22.7 Å². The molecule has 1 aliphatic rings. The molecule has 0 unspecified atom stereocenters. The lowest BCUT2D eigenvalue weighted by atomic mass is 10.2. The van der Waals surface area contributed by atoms with Gasteiger partial charge in [0.25, 0.3) is 10.0 Å². The molecular formula is C20H16F3NO4S2. The van der Waals surface area contributed by atoms with E-state index in [4.69, 9.17) is 9.47 Å². The Morgan fingerprint density at radius 3 is 2.40 bits per heavy atom. The SMILES string of the molecule is O=S(=O)(c1ccccc1C(F)(F)F)N(Cc1cccs1)c1ccc2c(c1)OCCO2. The molecule has 0 atom stereocenters. The van der Waals surface area contributed by atoms with E-state index in [1.165, 1.54) is 29.5 Å². The van der Waals surface area contributed by atoms with Crippen LogP contribution in [0.3, 0.4) is 0 Å². The molecule has 0 amide bonds. The fourth-order valence-corrected chi connectivity index (χ4v) is 5.51. The smallest absolute Gasteiger partial charge is 0.417 e. The highest BCUT2D eigenvalue weighted by molar-refractivity contribution is 7.92. The minimum absolute atomic E-state index is 0.119. The van der Waals surface area contributed by atoms with E-state index >= 15 is 0 Å². The van der Waals surface area contributed by atoms with Crippen molar-refractivity contribution in [1.29, 1.82) is 0 Å². The van der Waals surface area contributed by atoms with Gasteiger partial charge in [0.15, 0.2) is 11.5 Å². The highest BCUT2D eigenvalue weighted by Gasteiger charge is 2.39. The standard InChI is InChI=1S/C20H16F3NO4S2/c21-20(22,23)16-5-1-2-6-19(16)30(25,26)24(13-15-4-3-11-29-15)14-7-8-17-18(12-14)28-10-9-27-17/h1-8,11-12H,9-10,13H2. The second kappa shape index (κ2) is 7.84. The summed E-state index contributed by atoms with van der Waals surface area (Å²) >= 11 is 1.31. The summed E-state index contributed by atoms with van der Waals surface area (Å²) < 4.78 is 79.4. The number of ether oxygens (including phenoxy) is 2. The van der Waals surface area contributed by atoms with Crippen LogP contribution in [0.4, 0.5) is 18.9 Å². The van der Waals surface area contributed by atoms with Gasteiger partial charge in [-0.2, -0.15) is 13.2 Å². The Bertz CT molecular complexity index is 1150. The predicted molar refractivity (Wildman–Crippen MR) is 107 cm³/mol. The molecular weight excluding hydrogens is 439 g/mol. The molecule has 4 rings (SSSR count). The maximum absolute atomic E-state index is 13.5. The number of rotatable bonds is 5. The molecule has 158 valence electrons. The summed E-state index contributed by atoms with van der Waals surface area (Å²) in [6.07, 6.45) is -4.81. The zero-order valence-corrected chi connectivity index (χ0v) is 17.1. The van der Waals surface area contributed by atoms with Gasteiger partial charge in [0, 0.05) is 10.9 Å². The average Bonchev–Trinajstić information content (AvgIpc) is 3.24. The lowest BCUT2D eigenvalue weighted by molar-refractivity contribution is -0.139. The van der Waals surface area contributed by atoms with E-state index in [2.05, 4.69) is 0 Å². The molecule has 0 radical (unpaired) electrons. The minimum atomic E-state index is -4.81. The molecule has 0 spiro atoms. The van der Waals surface area contributed by atoms with Gasteiger partial charge in [-0.15, -0.1) is 11.3 Å². The molecule has 3 aromatic rings. The van der Waals surface area contributed by atoms with Crippen molar-refractivity contribution in [2.75, 3.05) is 17.5 Å². The fourth-order valence-electron chi connectivity index (χ4n) is 3.09. The molecule has 0 saturated carbocycles. The summed E-state index contributed by atoms with van der Waals surface area (Å²) in [6.45, 7) is 0.541. The summed E-state index contributed by atoms with van der Waals surface area (Å²) in [4.78, 5) is -0.123. The number of alkyl halides is 3. The summed E-state index contributed by atoms with van der Waals surface area (Å²) in [5.41, 5.74) is -1.02. The van der Waals surface area contributed by atoms with Crippen LogP contribution in [0.5, 0.6) is 11.5 Å². The molecule has 10 heteroatoms. The van der Waals surface area contributed by atoms with Gasteiger partial charge in [-0.05, 0) is 35.7 Å². The van der Waals surface area contributed by atoms with Crippen LogP contribution in [0.1, 0.15) is 10.4 Å². The summed E-state index contributed by atoms with van der Waals surface area (Å²) in [6, 6.07) is 12.2. The number of fused-ring (bicyclic) bond motifs is 1. The Morgan fingerprint density at radius 1 is 0.967 bits per heavy atom. The van der Waals surface area contributed by atoms with Crippen molar-refractivity contribution in [3.8, 4) is 11.5 Å². The quantitative estimate of drug-likeness (QED) is 0.547. The summed E-state index contributed by atoms with van der Waals surface area (Å²) in [5, 5.41) is 1.77. The third-order valence-electron chi connectivity index (χ3n) is 4.45. The van der Waals surface area contributed by atoms with Crippen LogP contribution >= 0.6 is 11.3 Å². The molecule has 0 saturated heterocycles. The Labute approximate surface area is 175 Å². The van der Waals surface area contributed by atoms with Gasteiger partial charge in [0.05, 0.1) is 22.7 Å². The first-order chi connectivity index (χ1) is 14.3. The second-order valence-corrected chi connectivity index (χ2v) is 9.28. The molecule has 0 N–H and O–H groups in total. The summed E-state index contributed by atoms with van der Waals surface area (Å²) in [7, 11) is -4.55. The van der Waals surface area contributed by atoms with E-state index < -0.39 is 26.7 Å². The third-order valence-corrected chi connectivity index (χ3v) is 7.15. The molecule has 0 fully saturated rings. The molecule has 2 aromatic carbocycles. The number of sulfonamides is 1. The molecule has 30 heavy (non-hydrogen) atoms. The van der Waals surface area contributed by atoms with E-state index in [-0.39, 0.29) is 12.2 Å². The van der Waals surface area contributed by atoms with Crippen LogP contribution < -0.4 is 13.8 Å². The van der Waals surface area contributed by atoms with E-state index in [0.717, 1.165) is 22.5 Å². The maximum Gasteiger partial charge on any atom is 0.417 e. The first-order valence-electron chi connectivity index (χ1n) is 8.88. The van der Waals surface area contributed by atoms with Gasteiger partial charge in [0.1, 0.15) is 13.2 Å². The van der Waals surface area contributed by atoms with Crippen molar-refractivity contribution in [2.24, 2.45) is 0 Å². The van der Waals surface area contributed by atoms with E-state index in [9.17, 15) is 21.6 Å². The summed E-state index contributed by atoms with van der Waals surface area (Å²) in [5.74, 6) is 0.795. The largest absolute Gasteiger partial charge is 0.486 e. The fraction of sp³-hybridized carbons (Fsp3) is 0.200. The highest BCUT2D eigenvalue weighted by atomic mass is 32.2. The molecule has 2 heterocycles. The van der Waals surface area contributed by atoms with Crippen LogP contribution in [0.2, 0.25) is 0 Å². The lowest BCUT2D eigenvalue weighted by Crippen LogP contribution is -2.32. The minimum Gasteiger partial charge on any atom is -0.486 e. The zero-order valence-electron chi connectivity index (χ0n) is 15.4. The third kappa shape index (κ3) is 3.97. The van der Waals surface area contributed by atoms with Gasteiger partial charge in [-0.25, -0.2) is 8.42 Å². The van der Waals surface area contributed by atoms with Gasteiger partial charge < -0.3 is 9.47 Å². The van der Waals surface area contributed by atoms with Crippen molar-refractivity contribution < 1.29 is 31.1 Å². The Kier molecular flexibility index (Phi) is 5.37. The number of hydrogen-bond donors (Lipinski definition) is 0. The highest BCUT2D eigenvalue weighted by Crippen LogP contribution is 2.39. The predicted octanol–water partition coefficient (Wildman–Crippen LogP) is 4.93. The Balaban J connectivity index is 1.85. The normalized spacial score (nSPS) is 13.8. The van der Waals surface area contributed by atoms with E-state index in [0.29, 0.717) is 29.6 Å². The van der Waals surface area contributed by atoms with Crippen molar-refractivity contribution in [3.63, 3.8) is 0 Å². The maximum atomic E-state index is 13.5. The Hall–Kier alpha value is -2.72. The van der Waals surface area contributed by atoms with Gasteiger partial charge in [-0.1, -0.05) is 18.2 Å². The first kappa shape index (κ1) is 20.5. The number of benzene rings is 2. The molecule has 1 aromatic heterocycles. The van der Waals surface area contributed by atoms with Crippen molar-refractivity contribution in [2.45, 2.75) is 17.6 Å². The monoisotopic (exact) mass is 455 g/mol. The molecule has 5 nitrogen and oxygen atoms in total. The van der Waals surface area contributed by atoms with Crippen molar-refractivity contribution >= 4 is 27.0 Å². The first-order valence-corrected chi connectivity index (χ1v) is 11.2. The molecule has 1 aliphatic heterocycles. The number of anilines is 1. The lowest BCUT2D eigenvalue weighted by Gasteiger charge is -2.27. The van der Waals surface area contributed by atoms with Gasteiger partial charge >= 0.3 is 6.18 Å². The number of nitrogens with zero attached hydrogens (tertiary/aromatic N) is 1. The zero-order chi connectivity index (χ0) is 21.4. The van der Waals surface area contributed by atoms with Crippen LogP contribution in [0, 0.1) is 0 Å². The number of hydrogen-bond acceptors (Lipinski definition) is 5. The van der Waals surface area contributed by atoms with Crippen LogP contribution in [-0.4, -0.2) is 21.6 Å². The molecule has 0 aliphatic carbocycles. The van der Waals surface area contributed by atoms with E-state index in [1.807, 2.05) is 0 Å². The van der Waals surface area contributed by atoms with Crippen LogP contribution in [0.15, 0.2) is 64.9 Å². The van der Waals surface area contributed by atoms with Gasteiger partial charge in [-0.3, -0.25) is 4.31 Å². The topological polar surface area (TPSA) is 55.8 Å². The number of halogens is 3. The Morgan fingerprint density at radius 2 is 1.70 bits per heavy atom. The van der Waals surface area contributed by atoms with Crippen molar-refractivity contribution in [1.82, 2.24) is 0 Å².